The molecule has 1 aromatic carbocycles. The summed E-state index contributed by atoms with van der Waals surface area (Å²) >= 11 is 0.888. The zero-order valence-electron chi connectivity index (χ0n) is 14.4. The van der Waals surface area contributed by atoms with Gasteiger partial charge in [-0.1, -0.05) is 25.3 Å². The Balaban J connectivity index is 1.63. The van der Waals surface area contributed by atoms with Crippen LogP contribution in [0.1, 0.15) is 37.9 Å². The summed E-state index contributed by atoms with van der Waals surface area (Å²) in [5.74, 6) is -1.88. The topological polar surface area (TPSA) is 50.5 Å². The molecule has 2 fully saturated rings. The van der Waals surface area contributed by atoms with Crippen LogP contribution in [0.15, 0.2) is 39.9 Å². The monoisotopic (exact) mass is 389 g/mol. The fourth-order valence-corrected chi connectivity index (χ4v) is 4.46. The highest BCUT2D eigenvalue weighted by Crippen LogP contribution is 2.38. The van der Waals surface area contributed by atoms with Crippen molar-refractivity contribution in [2.75, 3.05) is 0 Å². The van der Waals surface area contributed by atoms with E-state index >= 15 is 0 Å². The largest absolute Gasteiger partial charge is 0.464 e. The van der Waals surface area contributed by atoms with E-state index in [9.17, 15) is 18.4 Å². The minimum absolute atomic E-state index is 0.0422. The molecular weight excluding hydrogens is 372 g/mol. The lowest BCUT2D eigenvalue weighted by Gasteiger charge is -2.28. The molecular formula is C20H17F2NO3S. The van der Waals surface area contributed by atoms with Crippen LogP contribution in [0.5, 0.6) is 0 Å². The van der Waals surface area contributed by atoms with E-state index < -0.39 is 11.6 Å². The molecule has 0 radical (unpaired) electrons. The molecule has 2 amide bonds. The lowest BCUT2D eigenvalue weighted by molar-refractivity contribution is -0.124. The first kappa shape index (κ1) is 18.0. The van der Waals surface area contributed by atoms with E-state index in [0.29, 0.717) is 16.9 Å². The Morgan fingerprint density at radius 2 is 1.85 bits per heavy atom. The summed E-state index contributed by atoms with van der Waals surface area (Å²) in [5.41, 5.74) is 0.957. The molecule has 4 nitrogen and oxygen atoms in total. The van der Waals surface area contributed by atoms with E-state index in [2.05, 4.69) is 0 Å². The normalized spacial score (nSPS) is 20.1. The highest BCUT2D eigenvalue weighted by Gasteiger charge is 2.40. The number of carbonyl (C=O) groups is 2. The molecule has 0 unspecified atom stereocenters. The van der Waals surface area contributed by atoms with Crippen molar-refractivity contribution < 1.29 is 22.8 Å². The summed E-state index contributed by atoms with van der Waals surface area (Å²) in [7, 11) is 0. The molecule has 1 saturated heterocycles. The maximum Gasteiger partial charge on any atom is 0.293 e. The van der Waals surface area contributed by atoms with Gasteiger partial charge in [0.25, 0.3) is 11.1 Å². The Kier molecular flexibility index (Phi) is 4.86. The van der Waals surface area contributed by atoms with Gasteiger partial charge in [-0.25, -0.2) is 8.78 Å². The number of benzene rings is 1. The smallest absolute Gasteiger partial charge is 0.293 e. The molecule has 0 N–H and O–H groups in total. The molecule has 2 heterocycles. The van der Waals surface area contributed by atoms with Crippen molar-refractivity contribution in [1.82, 2.24) is 4.90 Å². The predicted octanol–water partition coefficient (Wildman–Crippen LogP) is 5.59. The summed E-state index contributed by atoms with van der Waals surface area (Å²) in [5, 5.41) is -0.265. The lowest BCUT2D eigenvalue weighted by Crippen LogP contribution is -2.39. The first-order valence-electron chi connectivity index (χ1n) is 8.84. The number of hydrogen-bond acceptors (Lipinski definition) is 4. The van der Waals surface area contributed by atoms with Gasteiger partial charge in [-0.05, 0) is 48.4 Å². The van der Waals surface area contributed by atoms with E-state index in [0.717, 1.165) is 56.0 Å². The Bertz CT molecular complexity index is 931. The van der Waals surface area contributed by atoms with Crippen molar-refractivity contribution in [2.45, 2.75) is 38.1 Å². The van der Waals surface area contributed by atoms with Gasteiger partial charge in [-0.15, -0.1) is 0 Å². The van der Waals surface area contributed by atoms with Gasteiger partial charge >= 0.3 is 0 Å². The number of thioether (sulfide) groups is 1. The van der Waals surface area contributed by atoms with Crippen molar-refractivity contribution >= 4 is 29.0 Å². The highest BCUT2D eigenvalue weighted by atomic mass is 32.2. The SMILES string of the molecule is O=C1S/C(=C\c2occc2-c2ccc(F)c(F)c2)C(=O)N1C1CCCCC1. The number of hydrogen-bond donors (Lipinski definition) is 0. The molecule has 1 aromatic heterocycles. The van der Waals surface area contributed by atoms with Crippen LogP contribution in [-0.2, 0) is 4.79 Å². The first-order chi connectivity index (χ1) is 13.0. The van der Waals surface area contributed by atoms with Crippen molar-refractivity contribution in [3.8, 4) is 11.1 Å². The number of nitrogens with zero attached hydrogens (tertiary/aromatic N) is 1. The van der Waals surface area contributed by atoms with Gasteiger partial charge in [0, 0.05) is 17.7 Å². The van der Waals surface area contributed by atoms with Gasteiger partial charge in [-0.3, -0.25) is 14.5 Å². The van der Waals surface area contributed by atoms with Crippen LogP contribution in [0.25, 0.3) is 17.2 Å². The summed E-state index contributed by atoms with van der Waals surface area (Å²) in [6.07, 6.45) is 7.76. The first-order valence-corrected chi connectivity index (χ1v) is 9.66. The minimum Gasteiger partial charge on any atom is -0.464 e. The third-order valence-corrected chi connectivity index (χ3v) is 5.84. The maximum absolute atomic E-state index is 13.5. The highest BCUT2D eigenvalue weighted by molar-refractivity contribution is 8.18. The van der Waals surface area contributed by atoms with Gasteiger partial charge in [0.05, 0.1) is 11.2 Å². The lowest BCUT2D eigenvalue weighted by atomic mass is 9.94. The van der Waals surface area contributed by atoms with Gasteiger partial charge < -0.3 is 4.42 Å². The maximum atomic E-state index is 13.5. The number of rotatable bonds is 3. The molecule has 0 atom stereocenters. The fourth-order valence-electron chi connectivity index (χ4n) is 3.59. The quantitative estimate of drug-likeness (QED) is 0.642. The van der Waals surface area contributed by atoms with Crippen molar-refractivity contribution in [2.24, 2.45) is 0 Å². The average molecular weight is 389 g/mol. The molecule has 140 valence electrons. The summed E-state index contributed by atoms with van der Waals surface area (Å²) in [4.78, 5) is 26.8. The second kappa shape index (κ2) is 7.31. The van der Waals surface area contributed by atoms with Crippen LogP contribution < -0.4 is 0 Å². The van der Waals surface area contributed by atoms with E-state index in [1.165, 1.54) is 23.3 Å². The van der Waals surface area contributed by atoms with Crippen LogP contribution in [0.3, 0.4) is 0 Å². The molecule has 0 spiro atoms. The number of halogens is 2. The number of carbonyl (C=O) groups excluding carboxylic acids is 2. The zero-order valence-corrected chi connectivity index (χ0v) is 15.2. The van der Waals surface area contributed by atoms with Gasteiger partial charge in [-0.2, -0.15) is 0 Å². The molecule has 4 rings (SSSR count). The van der Waals surface area contributed by atoms with Crippen molar-refractivity contribution in [3.63, 3.8) is 0 Å². The van der Waals surface area contributed by atoms with Crippen LogP contribution in [0, 0.1) is 11.6 Å². The Morgan fingerprint density at radius 3 is 2.59 bits per heavy atom. The van der Waals surface area contributed by atoms with Crippen molar-refractivity contribution in [3.05, 3.63) is 52.8 Å². The molecule has 2 aromatic rings. The van der Waals surface area contributed by atoms with Gasteiger partial charge in [0.15, 0.2) is 11.6 Å². The molecule has 1 aliphatic carbocycles. The molecule has 27 heavy (non-hydrogen) atoms. The third-order valence-electron chi connectivity index (χ3n) is 4.95. The summed E-state index contributed by atoms with van der Waals surface area (Å²) in [6, 6.07) is 5.13. The Morgan fingerprint density at radius 1 is 1.07 bits per heavy atom. The number of amides is 2. The summed E-state index contributed by atoms with van der Waals surface area (Å²) in [6.45, 7) is 0. The second-order valence-corrected chi connectivity index (χ2v) is 7.66. The average Bonchev–Trinajstić information content (AvgIpc) is 3.23. The fraction of sp³-hybridized carbons (Fsp3) is 0.300. The van der Waals surface area contributed by atoms with Crippen LogP contribution in [0.2, 0.25) is 0 Å². The van der Waals surface area contributed by atoms with Gasteiger partial charge in [0.2, 0.25) is 0 Å². The van der Waals surface area contributed by atoms with Gasteiger partial charge in [0.1, 0.15) is 5.76 Å². The Labute approximate surface area is 159 Å². The predicted molar refractivity (Wildman–Crippen MR) is 98.7 cm³/mol. The van der Waals surface area contributed by atoms with E-state index in [-0.39, 0.29) is 22.1 Å². The zero-order chi connectivity index (χ0) is 19.0. The van der Waals surface area contributed by atoms with Crippen molar-refractivity contribution in [1.29, 1.82) is 0 Å². The minimum atomic E-state index is -0.961. The Hall–Kier alpha value is -2.41. The van der Waals surface area contributed by atoms with E-state index in [4.69, 9.17) is 4.42 Å². The molecule has 1 saturated carbocycles. The van der Waals surface area contributed by atoms with E-state index in [1.54, 1.807) is 6.07 Å². The molecule has 2 aliphatic rings. The van der Waals surface area contributed by atoms with Crippen LogP contribution in [0.4, 0.5) is 13.6 Å². The third kappa shape index (κ3) is 3.43. The summed E-state index contributed by atoms with van der Waals surface area (Å²) < 4.78 is 32.2. The number of furan rings is 1. The van der Waals surface area contributed by atoms with Crippen LogP contribution in [-0.4, -0.2) is 22.1 Å². The standard InChI is InChI=1S/C20H17F2NO3S/c21-15-7-6-12(10-16(15)22)14-8-9-26-17(14)11-18-19(24)23(20(25)27-18)13-4-2-1-3-5-13/h6-11,13H,1-5H2/b18-11-. The molecule has 0 bridgehead atoms. The van der Waals surface area contributed by atoms with Crippen LogP contribution >= 0.6 is 11.8 Å². The van der Waals surface area contributed by atoms with E-state index in [1.807, 2.05) is 0 Å². The number of imide groups is 1. The molecule has 1 aliphatic heterocycles. The second-order valence-electron chi connectivity index (χ2n) is 6.67. The molecule has 7 heteroatoms.